The highest BCUT2D eigenvalue weighted by molar-refractivity contribution is 6.74. The number of carbonyl (C=O) groups is 1. The molecule has 0 aliphatic carbocycles. The van der Waals surface area contributed by atoms with Crippen LogP contribution in [0.1, 0.15) is 39.4 Å². The van der Waals surface area contributed by atoms with Crippen molar-refractivity contribution in [3.8, 4) is 5.75 Å². The Morgan fingerprint density at radius 3 is 2.00 bits per heavy atom. The van der Waals surface area contributed by atoms with Crippen molar-refractivity contribution in [1.29, 1.82) is 0 Å². The largest absolute Gasteiger partial charge is 0.497 e. The summed E-state index contributed by atoms with van der Waals surface area (Å²) in [5.41, 5.74) is 0.892. The molecule has 1 rings (SSSR count). The van der Waals surface area contributed by atoms with Crippen molar-refractivity contribution in [2.75, 3.05) is 7.11 Å². The summed E-state index contributed by atoms with van der Waals surface area (Å²) in [6, 6.07) is 7.52. The van der Waals surface area contributed by atoms with Gasteiger partial charge in [-0.3, -0.25) is 4.79 Å². The third-order valence-electron chi connectivity index (χ3n) is 4.01. The number of ketones is 1. The fourth-order valence-corrected chi connectivity index (χ4v) is 2.88. The van der Waals surface area contributed by atoms with Crippen LogP contribution in [0.3, 0.4) is 0 Å². The van der Waals surface area contributed by atoms with E-state index in [1.54, 1.807) is 14.0 Å². The molecular weight excluding hydrogens is 268 g/mol. The SMILES string of the molecule is COc1ccc([C@@H](O[Si](C)(C)C(C)(C)C)C(C)=O)cc1. The van der Waals surface area contributed by atoms with Crippen molar-refractivity contribution in [3.63, 3.8) is 0 Å². The number of rotatable bonds is 5. The second-order valence-corrected chi connectivity index (χ2v) is 11.4. The molecule has 0 aromatic heterocycles. The first-order valence-corrected chi connectivity index (χ1v) is 9.81. The molecule has 0 aliphatic rings. The van der Waals surface area contributed by atoms with Gasteiger partial charge in [-0.1, -0.05) is 32.9 Å². The van der Waals surface area contributed by atoms with E-state index in [2.05, 4.69) is 33.9 Å². The maximum absolute atomic E-state index is 12.0. The molecule has 0 aliphatic heterocycles. The molecule has 0 bridgehead atoms. The van der Waals surface area contributed by atoms with Crippen LogP contribution in [0.15, 0.2) is 24.3 Å². The van der Waals surface area contributed by atoms with E-state index < -0.39 is 14.4 Å². The molecule has 0 saturated heterocycles. The Bertz CT molecular complexity index is 458. The number of Topliss-reactive ketones (excluding diaryl/α,β-unsaturated/α-hetero) is 1. The van der Waals surface area contributed by atoms with Crippen molar-refractivity contribution in [2.24, 2.45) is 0 Å². The van der Waals surface area contributed by atoms with E-state index >= 15 is 0 Å². The van der Waals surface area contributed by atoms with Gasteiger partial charge in [-0.15, -0.1) is 0 Å². The normalized spacial score (nSPS) is 13.9. The lowest BCUT2D eigenvalue weighted by molar-refractivity contribution is -0.124. The molecule has 0 fully saturated rings. The average Bonchev–Trinajstić information content (AvgIpc) is 2.34. The maximum atomic E-state index is 12.0. The highest BCUT2D eigenvalue weighted by Gasteiger charge is 2.40. The Balaban J connectivity index is 3.03. The minimum Gasteiger partial charge on any atom is -0.497 e. The van der Waals surface area contributed by atoms with E-state index in [0.29, 0.717) is 0 Å². The second-order valence-electron chi connectivity index (χ2n) is 6.64. The lowest BCUT2D eigenvalue weighted by atomic mass is 10.1. The van der Waals surface area contributed by atoms with E-state index in [9.17, 15) is 4.79 Å². The van der Waals surface area contributed by atoms with Crippen molar-refractivity contribution in [1.82, 2.24) is 0 Å². The lowest BCUT2D eigenvalue weighted by Crippen LogP contribution is -2.43. The molecule has 0 N–H and O–H groups in total. The number of hydrogen-bond acceptors (Lipinski definition) is 3. The summed E-state index contributed by atoms with van der Waals surface area (Å²) in [5, 5.41) is 0.0766. The summed E-state index contributed by atoms with van der Waals surface area (Å²) >= 11 is 0. The van der Waals surface area contributed by atoms with Crippen LogP contribution in [-0.2, 0) is 9.22 Å². The molecule has 0 spiro atoms. The van der Waals surface area contributed by atoms with Gasteiger partial charge < -0.3 is 9.16 Å². The number of carbonyl (C=O) groups excluding carboxylic acids is 1. The Morgan fingerprint density at radius 1 is 1.15 bits per heavy atom. The van der Waals surface area contributed by atoms with Gasteiger partial charge in [0.05, 0.1) is 7.11 Å². The minimum absolute atomic E-state index is 0.0417. The summed E-state index contributed by atoms with van der Waals surface area (Å²) < 4.78 is 11.4. The zero-order valence-corrected chi connectivity index (χ0v) is 14.6. The van der Waals surface area contributed by atoms with Crippen LogP contribution in [0.2, 0.25) is 18.1 Å². The Labute approximate surface area is 123 Å². The first-order chi connectivity index (χ1) is 9.08. The number of benzene rings is 1. The summed E-state index contributed by atoms with van der Waals surface area (Å²) in [7, 11) is -0.359. The fourth-order valence-electron chi connectivity index (χ4n) is 1.64. The highest BCUT2D eigenvalue weighted by Crippen LogP contribution is 2.40. The molecule has 1 atom stereocenters. The quantitative estimate of drug-likeness (QED) is 0.757. The van der Waals surface area contributed by atoms with Crippen LogP contribution >= 0.6 is 0 Å². The molecule has 112 valence electrons. The molecule has 0 radical (unpaired) electrons. The molecule has 20 heavy (non-hydrogen) atoms. The third-order valence-corrected chi connectivity index (χ3v) is 8.44. The molecular formula is C16H26O3Si. The first kappa shape index (κ1) is 16.9. The molecule has 0 unspecified atom stereocenters. The van der Waals surface area contributed by atoms with E-state index in [1.165, 1.54) is 0 Å². The topological polar surface area (TPSA) is 35.5 Å². The minimum atomic E-state index is -1.99. The highest BCUT2D eigenvalue weighted by atomic mass is 28.4. The molecule has 1 aromatic rings. The van der Waals surface area contributed by atoms with Crippen molar-refractivity contribution < 1.29 is 14.0 Å². The van der Waals surface area contributed by atoms with Gasteiger partial charge >= 0.3 is 0 Å². The Kier molecular flexibility index (Phi) is 5.16. The van der Waals surface area contributed by atoms with Gasteiger partial charge in [0.1, 0.15) is 11.9 Å². The van der Waals surface area contributed by atoms with Gasteiger partial charge in [0.15, 0.2) is 14.1 Å². The van der Waals surface area contributed by atoms with Gasteiger partial charge in [0.25, 0.3) is 0 Å². The predicted octanol–water partition coefficient (Wildman–Crippen LogP) is 4.35. The predicted molar refractivity (Wildman–Crippen MR) is 84.7 cm³/mol. The summed E-state index contributed by atoms with van der Waals surface area (Å²) in [5.74, 6) is 0.823. The Morgan fingerprint density at radius 2 is 1.65 bits per heavy atom. The molecule has 1 aromatic carbocycles. The fraction of sp³-hybridized carbons (Fsp3) is 0.562. The summed E-state index contributed by atoms with van der Waals surface area (Å²) in [4.78, 5) is 12.0. The van der Waals surface area contributed by atoms with Gasteiger partial charge in [0.2, 0.25) is 0 Å². The molecule has 0 saturated carbocycles. The number of ether oxygens (including phenoxy) is 1. The van der Waals surface area contributed by atoms with E-state index in [-0.39, 0.29) is 10.8 Å². The summed E-state index contributed by atoms with van der Waals surface area (Å²) in [6.45, 7) is 12.4. The van der Waals surface area contributed by atoms with Gasteiger partial charge in [-0.25, -0.2) is 0 Å². The standard InChI is InChI=1S/C16H26O3Si/c1-12(17)15(19-20(6,7)16(2,3)4)13-8-10-14(18-5)11-9-13/h8-11,15H,1-7H3/t15-/m0/s1. The van der Waals surface area contributed by atoms with Gasteiger partial charge in [-0.05, 0) is 42.8 Å². The summed E-state index contributed by atoms with van der Waals surface area (Å²) in [6.07, 6.45) is -0.484. The molecule has 3 nitrogen and oxygen atoms in total. The van der Waals surface area contributed by atoms with Gasteiger partial charge in [-0.2, -0.15) is 0 Å². The van der Waals surface area contributed by atoms with Crippen LogP contribution in [0.25, 0.3) is 0 Å². The molecule has 0 amide bonds. The molecule has 0 heterocycles. The van der Waals surface area contributed by atoms with Crippen LogP contribution in [0.4, 0.5) is 0 Å². The van der Waals surface area contributed by atoms with Crippen LogP contribution in [0, 0.1) is 0 Å². The van der Waals surface area contributed by atoms with Crippen LogP contribution < -0.4 is 4.74 Å². The number of hydrogen-bond donors (Lipinski definition) is 0. The van der Waals surface area contributed by atoms with E-state index in [4.69, 9.17) is 9.16 Å². The van der Waals surface area contributed by atoms with Crippen molar-refractivity contribution >= 4 is 14.1 Å². The van der Waals surface area contributed by atoms with Gasteiger partial charge in [0, 0.05) is 0 Å². The zero-order chi connectivity index (χ0) is 15.6. The van der Waals surface area contributed by atoms with Crippen molar-refractivity contribution in [3.05, 3.63) is 29.8 Å². The van der Waals surface area contributed by atoms with Crippen molar-refractivity contribution in [2.45, 2.75) is 51.9 Å². The monoisotopic (exact) mass is 294 g/mol. The third kappa shape index (κ3) is 3.93. The smallest absolute Gasteiger partial charge is 0.193 e. The average molecular weight is 294 g/mol. The number of methoxy groups -OCH3 is 1. The second kappa shape index (κ2) is 6.10. The van der Waals surface area contributed by atoms with Crippen LogP contribution in [0.5, 0.6) is 5.75 Å². The first-order valence-electron chi connectivity index (χ1n) is 6.91. The maximum Gasteiger partial charge on any atom is 0.193 e. The lowest BCUT2D eigenvalue weighted by Gasteiger charge is -2.38. The van der Waals surface area contributed by atoms with Crippen LogP contribution in [-0.4, -0.2) is 21.2 Å². The zero-order valence-electron chi connectivity index (χ0n) is 13.6. The molecule has 4 heteroatoms. The van der Waals surface area contributed by atoms with E-state index in [0.717, 1.165) is 11.3 Å². The Hall–Kier alpha value is -1.13. The van der Waals surface area contributed by atoms with E-state index in [1.807, 2.05) is 24.3 Å².